The minimum atomic E-state index is 0.0642. The van der Waals surface area contributed by atoms with Crippen molar-refractivity contribution in [2.75, 3.05) is 13.7 Å². The van der Waals surface area contributed by atoms with Crippen LogP contribution in [0.25, 0.3) is 0 Å². The second kappa shape index (κ2) is 2.72. The van der Waals surface area contributed by atoms with Crippen molar-refractivity contribution in [3.63, 3.8) is 0 Å². The zero-order chi connectivity index (χ0) is 8.60. The molecule has 1 heterocycles. The Morgan fingerprint density at radius 1 is 1.50 bits per heavy atom. The Morgan fingerprint density at radius 2 is 2.17 bits per heavy atom. The molecular formula is C9H14N2O. The number of hydroxylamine groups is 2. The Kier molecular flexibility index (Phi) is 1.82. The molecule has 1 saturated carbocycles. The quantitative estimate of drug-likeness (QED) is 0.544. The van der Waals surface area contributed by atoms with Gasteiger partial charge in [-0.1, -0.05) is 12.8 Å². The van der Waals surface area contributed by atoms with Crippen molar-refractivity contribution in [2.45, 2.75) is 31.2 Å². The predicted octanol–water partition coefficient (Wildman–Crippen LogP) is 1.32. The third-order valence-corrected chi connectivity index (χ3v) is 3.34. The molecule has 0 bridgehead atoms. The van der Waals surface area contributed by atoms with E-state index in [4.69, 9.17) is 10.1 Å². The Hall–Kier alpha value is -0.590. The molecule has 0 N–H and O–H groups in total. The molecule has 2 fully saturated rings. The minimum absolute atomic E-state index is 0.0642. The highest BCUT2D eigenvalue weighted by Crippen LogP contribution is 2.44. The van der Waals surface area contributed by atoms with Gasteiger partial charge in [-0.3, -0.25) is 4.84 Å². The van der Waals surface area contributed by atoms with Crippen LogP contribution in [-0.2, 0) is 4.84 Å². The lowest BCUT2D eigenvalue weighted by Gasteiger charge is -2.31. The summed E-state index contributed by atoms with van der Waals surface area (Å²) in [6, 6.07) is 2.36. The Labute approximate surface area is 72.9 Å². The largest absolute Gasteiger partial charge is 0.297 e. The number of hydrogen-bond donors (Lipinski definition) is 0. The van der Waals surface area contributed by atoms with Gasteiger partial charge in [0.1, 0.15) is 0 Å². The first-order valence-corrected chi connectivity index (χ1v) is 4.56. The molecule has 2 aliphatic rings. The standard InChI is InChI=1S/C9H14N2O/c1-11-9(4-2-3-5-9)8(6-10)7-12-11/h8H,2-5,7H2,1H3. The van der Waals surface area contributed by atoms with E-state index in [2.05, 4.69) is 6.07 Å². The summed E-state index contributed by atoms with van der Waals surface area (Å²) in [5.74, 6) is 0.0880. The Balaban J connectivity index is 2.24. The number of nitrogens with zero attached hydrogens (tertiary/aromatic N) is 2. The fourth-order valence-corrected chi connectivity index (χ4v) is 2.50. The van der Waals surface area contributed by atoms with Gasteiger partial charge in [0, 0.05) is 7.05 Å². The first kappa shape index (κ1) is 8.03. The molecule has 3 heteroatoms. The lowest BCUT2D eigenvalue weighted by Crippen LogP contribution is -2.42. The van der Waals surface area contributed by atoms with Crippen molar-refractivity contribution in [2.24, 2.45) is 5.92 Å². The summed E-state index contributed by atoms with van der Waals surface area (Å²) in [7, 11) is 1.96. The summed E-state index contributed by atoms with van der Waals surface area (Å²) in [5, 5.41) is 10.9. The summed E-state index contributed by atoms with van der Waals surface area (Å²) in [5.41, 5.74) is 0.0642. The van der Waals surface area contributed by atoms with E-state index in [1.807, 2.05) is 12.1 Å². The second-order valence-electron chi connectivity index (χ2n) is 3.79. The molecule has 66 valence electrons. The number of nitriles is 1. The highest BCUT2D eigenvalue weighted by atomic mass is 16.7. The SMILES string of the molecule is CN1OCC(C#N)C12CCCC2. The summed E-state index contributed by atoms with van der Waals surface area (Å²) >= 11 is 0. The third kappa shape index (κ3) is 0.886. The van der Waals surface area contributed by atoms with Gasteiger partial charge >= 0.3 is 0 Å². The lowest BCUT2D eigenvalue weighted by molar-refractivity contribution is -0.141. The normalized spacial score (nSPS) is 34.2. The molecule has 0 aromatic carbocycles. The van der Waals surface area contributed by atoms with E-state index >= 15 is 0 Å². The van der Waals surface area contributed by atoms with Crippen molar-refractivity contribution >= 4 is 0 Å². The van der Waals surface area contributed by atoms with E-state index in [1.54, 1.807) is 0 Å². The summed E-state index contributed by atoms with van der Waals surface area (Å²) in [4.78, 5) is 5.40. The van der Waals surface area contributed by atoms with Gasteiger partial charge in [0.05, 0.1) is 24.1 Å². The maximum atomic E-state index is 8.95. The molecule has 1 aliphatic carbocycles. The van der Waals surface area contributed by atoms with Gasteiger partial charge in [-0.05, 0) is 12.8 Å². The van der Waals surface area contributed by atoms with Gasteiger partial charge in [0.2, 0.25) is 0 Å². The van der Waals surface area contributed by atoms with Gasteiger partial charge in [-0.2, -0.15) is 10.3 Å². The van der Waals surface area contributed by atoms with Gasteiger partial charge in [0.15, 0.2) is 0 Å². The van der Waals surface area contributed by atoms with Crippen molar-refractivity contribution in [3.05, 3.63) is 0 Å². The van der Waals surface area contributed by atoms with E-state index in [9.17, 15) is 0 Å². The van der Waals surface area contributed by atoms with Crippen LogP contribution in [0.2, 0.25) is 0 Å². The van der Waals surface area contributed by atoms with Crippen molar-refractivity contribution in [3.8, 4) is 6.07 Å². The topological polar surface area (TPSA) is 36.3 Å². The highest BCUT2D eigenvalue weighted by Gasteiger charge is 2.50. The van der Waals surface area contributed by atoms with Crippen LogP contribution in [0.1, 0.15) is 25.7 Å². The number of hydrogen-bond acceptors (Lipinski definition) is 3. The molecule has 0 amide bonds. The average Bonchev–Trinajstić information content (AvgIpc) is 2.65. The monoisotopic (exact) mass is 166 g/mol. The molecule has 1 atom stereocenters. The lowest BCUT2D eigenvalue weighted by atomic mass is 9.84. The summed E-state index contributed by atoms with van der Waals surface area (Å²) in [6.07, 6.45) is 4.74. The number of rotatable bonds is 0. The van der Waals surface area contributed by atoms with E-state index in [0.717, 1.165) is 12.8 Å². The molecule has 1 spiro atoms. The molecule has 2 rings (SSSR count). The summed E-state index contributed by atoms with van der Waals surface area (Å²) in [6.45, 7) is 0.590. The van der Waals surface area contributed by atoms with Gasteiger partial charge in [-0.25, -0.2) is 0 Å². The van der Waals surface area contributed by atoms with E-state index < -0.39 is 0 Å². The molecule has 1 aliphatic heterocycles. The molecule has 0 aromatic heterocycles. The van der Waals surface area contributed by atoms with Crippen molar-refractivity contribution < 1.29 is 4.84 Å². The molecule has 0 radical (unpaired) electrons. The average molecular weight is 166 g/mol. The van der Waals surface area contributed by atoms with Crippen LogP contribution in [-0.4, -0.2) is 24.3 Å². The van der Waals surface area contributed by atoms with Crippen molar-refractivity contribution in [1.29, 1.82) is 5.26 Å². The molecule has 3 nitrogen and oxygen atoms in total. The Morgan fingerprint density at radius 3 is 2.75 bits per heavy atom. The molecule has 1 saturated heterocycles. The van der Waals surface area contributed by atoms with Crippen LogP contribution in [0.4, 0.5) is 0 Å². The maximum absolute atomic E-state index is 8.95. The van der Waals surface area contributed by atoms with Crippen LogP contribution < -0.4 is 0 Å². The van der Waals surface area contributed by atoms with Gasteiger partial charge in [0.25, 0.3) is 0 Å². The fraction of sp³-hybridized carbons (Fsp3) is 0.889. The van der Waals surface area contributed by atoms with E-state index in [0.29, 0.717) is 6.61 Å². The van der Waals surface area contributed by atoms with Crippen LogP contribution >= 0.6 is 0 Å². The summed E-state index contributed by atoms with van der Waals surface area (Å²) < 4.78 is 0. The first-order chi connectivity index (χ1) is 5.79. The predicted molar refractivity (Wildman–Crippen MR) is 44.0 cm³/mol. The molecule has 0 aromatic rings. The van der Waals surface area contributed by atoms with Crippen molar-refractivity contribution in [1.82, 2.24) is 5.06 Å². The van der Waals surface area contributed by atoms with Crippen LogP contribution in [0, 0.1) is 17.2 Å². The first-order valence-electron chi connectivity index (χ1n) is 4.56. The maximum Gasteiger partial charge on any atom is 0.0923 e. The van der Waals surface area contributed by atoms with Crippen LogP contribution in [0.5, 0.6) is 0 Å². The minimum Gasteiger partial charge on any atom is -0.297 e. The van der Waals surface area contributed by atoms with Crippen LogP contribution in [0.15, 0.2) is 0 Å². The zero-order valence-corrected chi connectivity index (χ0v) is 7.42. The van der Waals surface area contributed by atoms with E-state index in [-0.39, 0.29) is 11.5 Å². The van der Waals surface area contributed by atoms with Gasteiger partial charge in [-0.15, -0.1) is 0 Å². The van der Waals surface area contributed by atoms with Crippen LogP contribution in [0.3, 0.4) is 0 Å². The van der Waals surface area contributed by atoms with E-state index in [1.165, 1.54) is 12.8 Å². The smallest absolute Gasteiger partial charge is 0.0923 e. The molecule has 12 heavy (non-hydrogen) atoms. The fourth-order valence-electron chi connectivity index (χ4n) is 2.50. The highest BCUT2D eigenvalue weighted by molar-refractivity contribution is 5.07. The zero-order valence-electron chi connectivity index (χ0n) is 7.42. The molecular weight excluding hydrogens is 152 g/mol. The second-order valence-corrected chi connectivity index (χ2v) is 3.79. The van der Waals surface area contributed by atoms with Gasteiger partial charge < -0.3 is 0 Å². The molecule has 1 unspecified atom stereocenters. The third-order valence-electron chi connectivity index (χ3n) is 3.34. The Bertz CT molecular complexity index is 215.